The second-order valence-corrected chi connectivity index (χ2v) is 2.92. The molecule has 54 valence electrons. The summed E-state index contributed by atoms with van der Waals surface area (Å²) in [7, 11) is -4.39. The zero-order chi connectivity index (χ0) is 7.49. The molecule has 1 unspecified atom stereocenters. The van der Waals surface area contributed by atoms with Gasteiger partial charge in [0, 0.05) is 0 Å². The Bertz CT molecular complexity index is 141. The Morgan fingerprint density at radius 3 is 2.33 bits per heavy atom. The van der Waals surface area contributed by atoms with Crippen molar-refractivity contribution in [1.82, 2.24) is 0 Å². The molecule has 0 saturated heterocycles. The summed E-state index contributed by atoms with van der Waals surface area (Å²) in [5, 5.41) is 0. The normalized spacial score (nSPS) is 15.0. The van der Waals surface area contributed by atoms with Gasteiger partial charge >= 0.3 is 7.82 Å². The third kappa shape index (κ3) is 6.08. The van der Waals surface area contributed by atoms with Gasteiger partial charge in [-0.15, -0.1) is 12.6 Å². The Labute approximate surface area is 58.2 Å². The number of phosphoric ester groups is 1. The fraction of sp³-hybridized carbons (Fsp3) is 0.333. The summed E-state index contributed by atoms with van der Waals surface area (Å²) < 4.78 is 14.0. The monoisotopic (exact) mass is 170 g/mol. The first kappa shape index (κ1) is 9.20. The summed E-state index contributed by atoms with van der Waals surface area (Å²) >= 11 is 3.59. The summed E-state index contributed by atoms with van der Waals surface area (Å²) in [6.45, 7) is 3.20. The van der Waals surface area contributed by atoms with E-state index < -0.39 is 13.3 Å². The molecule has 2 N–H and O–H groups in total. The second kappa shape index (κ2) is 3.39. The molecular weight excluding hydrogens is 163 g/mol. The van der Waals surface area contributed by atoms with E-state index in [0.717, 1.165) is 0 Å². The summed E-state index contributed by atoms with van der Waals surface area (Å²) in [6, 6.07) is 0. The van der Waals surface area contributed by atoms with Gasteiger partial charge < -0.3 is 9.79 Å². The molecule has 0 aliphatic rings. The number of thiol groups is 1. The Hall–Kier alpha value is 0.200. The number of rotatable bonds is 3. The Kier molecular flexibility index (Phi) is 3.46. The minimum atomic E-state index is -4.39. The van der Waals surface area contributed by atoms with Gasteiger partial charge in [-0.2, -0.15) is 0 Å². The van der Waals surface area contributed by atoms with Crippen LogP contribution in [0.3, 0.4) is 0 Å². The first-order valence-corrected chi connectivity index (χ1v) is 4.05. The third-order valence-electron chi connectivity index (χ3n) is 0.447. The van der Waals surface area contributed by atoms with E-state index in [0.29, 0.717) is 0 Å². The highest BCUT2D eigenvalue weighted by Gasteiger charge is 2.16. The lowest BCUT2D eigenvalue weighted by atomic mass is 10.7. The van der Waals surface area contributed by atoms with Gasteiger partial charge in [-0.25, -0.2) is 4.57 Å². The van der Waals surface area contributed by atoms with Crippen LogP contribution in [0.5, 0.6) is 0 Å². The van der Waals surface area contributed by atoms with Crippen molar-refractivity contribution >= 4 is 20.5 Å². The molecule has 0 aliphatic heterocycles. The lowest BCUT2D eigenvalue weighted by Crippen LogP contribution is -1.97. The average Bonchev–Trinajstić information content (AvgIpc) is 1.62. The number of phosphoric acid groups is 1. The smallest absolute Gasteiger partial charge is 0.303 e. The molecule has 9 heavy (non-hydrogen) atoms. The van der Waals surface area contributed by atoms with Crippen LogP contribution in [0.4, 0.5) is 0 Å². The Morgan fingerprint density at radius 1 is 1.78 bits per heavy atom. The van der Waals surface area contributed by atoms with Crippen molar-refractivity contribution in [3.05, 3.63) is 12.7 Å². The minimum absolute atomic E-state index is 0.911. The molecule has 0 aliphatic carbocycles. The van der Waals surface area contributed by atoms with Crippen LogP contribution in [0.1, 0.15) is 0 Å². The van der Waals surface area contributed by atoms with Gasteiger partial charge in [-0.1, -0.05) is 12.7 Å². The molecule has 0 fully saturated rings. The number of hydrogen-bond acceptors (Lipinski definition) is 3. The minimum Gasteiger partial charge on any atom is -0.303 e. The second-order valence-electron chi connectivity index (χ2n) is 1.22. The fourth-order valence-corrected chi connectivity index (χ4v) is 0.920. The molecule has 0 spiro atoms. The van der Waals surface area contributed by atoms with Crippen LogP contribution in [-0.2, 0) is 9.09 Å². The Morgan fingerprint density at radius 2 is 2.22 bits per heavy atom. The van der Waals surface area contributed by atoms with Crippen LogP contribution in [-0.4, -0.2) is 15.2 Å². The van der Waals surface area contributed by atoms with Crippen LogP contribution < -0.4 is 0 Å². The first-order chi connectivity index (χ1) is 3.95. The first-order valence-electron chi connectivity index (χ1n) is 2.00. The van der Waals surface area contributed by atoms with Gasteiger partial charge in [0.05, 0.1) is 0 Å². The highest BCUT2D eigenvalue weighted by molar-refractivity contribution is 7.81. The molecule has 0 aromatic carbocycles. The van der Waals surface area contributed by atoms with E-state index >= 15 is 0 Å². The molecule has 0 aromatic rings. The van der Waals surface area contributed by atoms with Crippen LogP contribution in [0.15, 0.2) is 12.7 Å². The van der Waals surface area contributed by atoms with Crippen molar-refractivity contribution in [2.45, 2.75) is 5.44 Å². The summed E-state index contributed by atoms with van der Waals surface area (Å²) in [5.74, 6) is 0. The molecule has 0 aromatic heterocycles. The molecule has 0 amide bonds. The van der Waals surface area contributed by atoms with Crippen LogP contribution in [0.25, 0.3) is 0 Å². The maximum Gasteiger partial charge on any atom is 0.470 e. The largest absolute Gasteiger partial charge is 0.470 e. The van der Waals surface area contributed by atoms with Gasteiger partial charge in [0.25, 0.3) is 0 Å². The van der Waals surface area contributed by atoms with E-state index in [1.54, 1.807) is 0 Å². The lowest BCUT2D eigenvalue weighted by Gasteiger charge is -2.06. The molecule has 6 heteroatoms. The zero-order valence-corrected chi connectivity index (χ0v) is 6.26. The van der Waals surface area contributed by atoms with Crippen molar-refractivity contribution in [3.63, 3.8) is 0 Å². The topological polar surface area (TPSA) is 66.8 Å². The average molecular weight is 170 g/mol. The Balaban J connectivity index is 3.74. The molecule has 0 bridgehead atoms. The van der Waals surface area contributed by atoms with Crippen molar-refractivity contribution in [1.29, 1.82) is 0 Å². The summed E-state index contributed by atoms with van der Waals surface area (Å²) in [4.78, 5) is 16.2. The highest BCUT2D eigenvalue weighted by Crippen LogP contribution is 2.38. The van der Waals surface area contributed by atoms with Gasteiger partial charge in [0.15, 0.2) is 0 Å². The zero-order valence-electron chi connectivity index (χ0n) is 4.47. The van der Waals surface area contributed by atoms with Crippen LogP contribution >= 0.6 is 20.5 Å². The molecule has 1 atom stereocenters. The predicted octanol–water partition coefficient (Wildman–Crippen LogP) is 0.538. The quantitative estimate of drug-likeness (QED) is 0.250. The molecule has 0 saturated carbocycles. The van der Waals surface area contributed by atoms with E-state index in [9.17, 15) is 4.57 Å². The maximum absolute atomic E-state index is 9.98. The maximum atomic E-state index is 9.98. The lowest BCUT2D eigenvalue weighted by molar-refractivity contribution is 0.203. The number of hydrogen-bond donors (Lipinski definition) is 3. The van der Waals surface area contributed by atoms with E-state index in [2.05, 4.69) is 23.7 Å². The van der Waals surface area contributed by atoms with Crippen LogP contribution in [0.2, 0.25) is 0 Å². The molecule has 0 rings (SSSR count). The van der Waals surface area contributed by atoms with Crippen molar-refractivity contribution in [2.24, 2.45) is 0 Å². The van der Waals surface area contributed by atoms with Crippen molar-refractivity contribution in [2.75, 3.05) is 0 Å². The molecule has 0 heterocycles. The molecule has 4 nitrogen and oxygen atoms in total. The molecular formula is C3H7O4PS. The van der Waals surface area contributed by atoms with E-state index in [1.165, 1.54) is 6.08 Å². The standard InChI is InChI=1S/C3H7O4PS/c1-2-3(9)7-8(4,5)6/h2-3,9H,1H2,(H2,4,5,6). The summed E-state index contributed by atoms with van der Waals surface area (Å²) in [6.07, 6.45) is 1.17. The SMILES string of the molecule is C=CC(S)OP(=O)(O)O. The third-order valence-corrected chi connectivity index (χ3v) is 1.43. The fourth-order valence-electron chi connectivity index (χ4n) is 0.184. The van der Waals surface area contributed by atoms with Crippen LogP contribution in [0, 0.1) is 0 Å². The van der Waals surface area contributed by atoms with Gasteiger partial charge in [0.2, 0.25) is 0 Å². The van der Waals surface area contributed by atoms with E-state index in [1.807, 2.05) is 0 Å². The van der Waals surface area contributed by atoms with Crippen molar-refractivity contribution in [3.8, 4) is 0 Å². The van der Waals surface area contributed by atoms with Gasteiger partial charge in [-0.3, -0.25) is 4.52 Å². The molecule has 0 radical (unpaired) electrons. The predicted molar refractivity (Wildman–Crippen MR) is 36.1 cm³/mol. The van der Waals surface area contributed by atoms with Gasteiger partial charge in [-0.05, 0) is 0 Å². The van der Waals surface area contributed by atoms with E-state index in [-0.39, 0.29) is 0 Å². The van der Waals surface area contributed by atoms with E-state index in [4.69, 9.17) is 9.79 Å². The van der Waals surface area contributed by atoms with Crippen molar-refractivity contribution < 1.29 is 18.9 Å². The highest BCUT2D eigenvalue weighted by atomic mass is 32.1. The van der Waals surface area contributed by atoms with Gasteiger partial charge in [0.1, 0.15) is 5.44 Å². The summed E-state index contributed by atoms with van der Waals surface area (Å²) in [5.41, 5.74) is -0.911.